The van der Waals surface area contributed by atoms with Crippen LogP contribution in [0.3, 0.4) is 0 Å². The summed E-state index contributed by atoms with van der Waals surface area (Å²) in [5.74, 6) is -0.0726. The van der Waals surface area contributed by atoms with Crippen LogP contribution in [0.1, 0.15) is 6.92 Å². The van der Waals surface area contributed by atoms with Gasteiger partial charge in [-0.05, 0) is 12.1 Å². The fraction of sp³-hybridized carbons (Fsp3) is 0.438. The first-order valence-electron chi connectivity index (χ1n) is 7.92. The van der Waals surface area contributed by atoms with Gasteiger partial charge in [0, 0.05) is 50.9 Å². The Morgan fingerprint density at radius 2 is 1.96 bits per heavy atom. The van der Waals surface area contributed by atoms with E-state index in [2.05, 4.69) is 25.8 Å². The summed E-state index contributed by atoms with van der Waals surface area (Å²) in [6, 6.07) is 7.62. The molecular formula is C16H22N6O. The summed E-state index contributed by atoms with van der Waals surface area (Å²) in [5, 5.41) is 14.5. The number of piperazine rings is 1. The second-order valence-electron chi connectivity index (χ2n) is 5.72. The molecule has 2 heterocycles. The smallest absolute Gasteiger partial charge is 0.221 e. The molecule has 0 radical (unpaired) electrons. The number of benzene rings is 1. The Balaban J connectivity index is 1.58. The number of nitrogens with one attached hydrogen (secondary N) is 2. The molecule has 0 spiro atoms. The second kappa shape index (κ2) is 7.34. The SMILES string of the molecule is CC(=O)Nc1ccc(-c2cn(CCN3CCNCC3)nn2)cc1. The predicted molar refractivity (Wildman–Crippen MR) is 89.1 cm³/mol. The van der Waals surface area contributed by atoms with E-state index in [0.29, 0.717) is 0 Å². The van der Waals surface area contributed by atoms with Crippen LogP contribution in [0.15, 0.2) is 30.5 Å². The number of anilines is 1. The van der Waals surface area contributed by atoms with Crippen LogP contribution in [0.25, 0.3) is 11.3 Å². The highest BCUT2D eigenvalue weighted by Gasteiger charge is 2.10. The lowest BCUT2D eigenvalue weighted by molar-refractivity contribution is -0.114. The van der Waals surface area contributed by atoms with Crippen molar-refractivity contribution in [1.82, 2.24) is 25.2 Å². The molecule has 1 aromatic heterocycles. The van der Waals surface area contributed by atoms with E-state index >= 15 is 0 Å². The average Bonchev–Trinajstić information content (AvgIpc) is 3.03. The zero-order chi connectivity index (χ0) is 16.1. The van der Waals surface area contributed by atoms with Gasteiger partial charge >= 0.3 is 0 Å². The lowest BCUT2D eigenvalue weighted by atomic mass is 10.1. The molecule has 7 nitrogen and oxygen atoms in total. The van der Waals surface area contributed by atoms with Crippen molar-refractivity contribution < 1.29 is 4.79 Å². The quantitative estimate of drug-likeness (QED) is 0.854. The van der Waals surface area contributed by atoms with E-state index in [1.54, 1.807) is 0 Å². The van der Waals surface area contributed by atoms with E-state index in [9.17, 15) is 4.79 Å². The zero-order valence-electron chi connectivity index (χ0n) is 13.3. The summed E-state index contributed by atoms with van der Waals surface area (Å²) in [4.78, 5) is 13.5. The van der Waals surface area contributed by atoms with Crippen molar-refractivity contribution in [3.8, 4) is 11.3 Å². The summed E-state index contributed by atoms with van der Waals surface area (Å²) in [6.07, 6.45) is 1.97. The van der Waals surface area contributed by atoms with Crippen LogP contribution in [0.4, 0.5) is 5.69 Å². The predicted octanol–water partition coefficient (Wildman–Crippen LogP) is 0.809. The molecule has 1 aromatic carbocycles. The van der Waals surface area contributed by atoms with Crippen molar-refractivity contribution in [3.05, 3.63) is 30.5 Å². The zero-order valence-corrected chi connectivity index (χ0v) is 13.3. The molecule has 7 heteroatoms. The van der Waals surface area contributed by atoms with Gasteiger partial charge in [0.1, 0.15) is 5.69 Å². The molecule has 2 N–H and O–H groups in total. The molecule has 0 aliphatic carbocycles. The Labute approximate surface area is 135 Å². The van der Waals surface area contributed by atoms with Gasteiger partial charge in [-0.3, -0.25) is 14.4 Å². The van der Waals surface area contributed by atoms with Gasteiger partial charge < -0.3 is 10.6 Å². The van der Waals surface area contributed by atoms with Gasteiger partial charge in [-0.25, -0.2) is 0 Å². The fourth-order valence-corrected chi connectivity index (χ4v) is 2.65. The number of amides is 1. The van der Waals surface area contributed by atoms with Gasteiger partial charge in [0.15, 0.2) is 0 Å². The summed E-state index contributed by atoms with van der Waals surface area (Å²) >= 11 is 0. The lowest BCUT2D eigenvalue weighted by Crippen LogP contribution is -2.44. The van der Waals surface area contributed by atoms with Crippen molar-refractivity contribution in [2.75, 3.05) is 38.0 Å². The Hall–Kier alpha value is -2.25. The standard InChI is InChI=1S/C16H22N6O/c1-13(23)18-15-4-2-14(3-5-15)16-12-22(20-19-16)11-10-21-8-6-17-7-9-21/h2-5,12,17H,6-11H2,1H3,(H,18,23). The summed E-state index contributed by atoms with van der Waals surface area (Å²) in [6.45, 7) is 7.63. The van der Waals surface area contributed by atoms with Crippen molar-refractivity contribution in [2.24, 2.45) is 0 Å². The van der Waals surface area contributed by atoms with Crippen molar-refractivity contribution in [3.63, 3.8) is 0 Å². The molecule has 0 saturated carbocycles. The first-order valence-corrected chi connectivity index (χ1v) is 7.92. The largest absolute Gasteiger partial charge is 0.326 e. The maximum absolute atomic E-state index is 11.0. The minimum Gasteiger partial charge on any atom is -0.326 e. The normalized spacial score (nSPS) is 15.5. The number of nitrogens with zero attached hydrogens (tertiary/aromatic N) is 4. The first-order chi connectivity index (χ1) is 11.2. The van der Waals surface area contributed by atoms with Gasteiger partial charge in [0.05, 0.1) is 12.7 Å². The van der Waals surface area contributed by atoms with Crippen LogP contribution in [0.5, 0.6) is 0 Å². The summed E-state index contributed by atoms with van der Waals surface area (Å²) in [5.41, 5.74) is 2.62. The summed E-state index contributed by atoms with van der Waals surface area (Å²) < 4.78 is 1.89. The number of aromatic nitrogens is 3. The Morgan fingerprint density at radius 3 is 2.65 bits per heavy atom. The molecule has 1 fully saturated rings. The molecule has 3 rings (SSSR count). The van der Waals surface area contributed by atoms with E-state index < -0.39 is 0 Å². The molecule has 2 aromatic rings. The lowest BCUT2D eigenvalue weighted by Gasteiger charge is -2.26. The highest BCUT2D eigenvalue weighted by atomic mass is 16.1. The topological polar surface area (TPSA) is 75.1 Å². The number of hydrogen-bond donors (Lipinski definition) is 2. The third kappa shape index (κ3) is 4.37. The molecular weight excluding hydrogens is 292 g/mol. The van der Waals surface area contributed by atoms with E-state index in [0.717, 1.165) is 56.2 Å². The Kier molecular flexibility index (Phi) is 4.99. The molecule has 1 aliphatic heterocycles. The maximum atomic E-state index is 11.0. The van der Waals surface area contributed by atoms with Gasteiger partial charge in [-0.15, -0.1) is 5.10 Å². The highest BCUT2D eigenvalue weighted by Crippen LogP contribution is 2.19. The molecule has 23 heavy (non-hydrogen) atoms. The molecule has 0 unspecified atom stereocenters. The molecule has 0 bridgehead atoms. The van der Waals surface area contributed by atoms with Crippen molar-refractivity contribution >= 4 is 11.6 Å². The van der Waals surface area contributed by atoms with Crippen LogP contribution < -0.4 is 10.6 Å². The van der Waals surface area contributed by atoms with Crippen molar-refractivity contribution in [1.29, 1.82) is 0 Å². The number of rotatable bonds is 5. The maximum Gasteiger partial charge on any atom is 0.221 e. The highest BCUT2D eigenvalue weighted by molar-refractivity contribution is 5.88. The minimum atomic E-state index is -0.0726. The molecule has 0 atom stereocenters. The molecule has 1 saturated heterocycles. The summed E-state index contributed by atoms with van der Waals surface area (Å²) in [7, 11) is 0. The van der Waals surface area contributed by atoms with E-state index in [1.807, 2.05) is 35.1 Å². The monoisotopic (exact) mass is 314 g/mol. The number of hydrogen-bond acceptors (Lipinski definition) is 5. The molecule has 1 aliphatic rings. The first kappa shape index (κ1) is 15.6. The van der Waals surface area contributed by atoms with Gasteiger partial charge in [0.2, 0.25) is 5.91 Å². The Bertz CT molecular complexity index is 645. The van der Waals surface area contributed by atoms with Gasteiger partial charge in [-0.2, -0.15) is 0 Å². The molecule has 1 amide bonds. The van der Waals surface area contributed by atoms with E-state index in [-0.39, 0.29) is 5.91 Å². The van der Waals surface area contributed by atoms with E-state index in [4.69, 9.17) is 0 Å². The van der Waals surface area contributed by atoms with Crippen LogP contribution in [-0.4, -0.2) is 58.5 Å². The Morgan fingerprint density at radius 1 is 1.22 bits per heavy atom. The van der Waals surface area contributed by atoms with Gasteiger partial charge in [-0.1, -0.05) is 17.3 Å². The van der Waals surface area contributed by atoms with Gasteiger partial charge in [0.25, 0.3) is 0 Å². The van der Waals surface area contributed by atoms with E-state index in [1.165, 1.54) is 6.92 Å². The van der Waals surface area contributed by atoms with Crippen LogP contribution in [0, 0.1) is 0 Å². The van der Waals surface area contributed by atoms with Crippen LogP contribution in [-0.2, 0) is 11.3 Å². The number of carbonyl (C=O) groups is 1. The minimum absolute atomic E-state index is 0.0726. The molecule has 122 valence electrons. The van der Waals surface area contributed by atoms with Crippen LogP contribution in [0.2, 0.25) is 0 Å². The fourth-order valence-electron chi connectivity index (χ4n) is 2.65. The van der Waals surface area contributed by atoms with Crippen molar-refractivity contribution in [2.45, 2.75) is 13.5 Å². The second-order valence-corrected chi connectivity index (χ2v) is 5.72. The van der Waals surface area contributed by atoms with Crippen LogP contribution >= 0.6 is 0 Å². The average molecular weight is 314 g/mol. The third-order valence-corrected chi connectivity index (χ3v) is 3.89. The third-order valence-electron chi connectivity index (χ3n) is 3.89. The number of carbonyl (C=O) groups excluding carboxylic acids is 1.